The van der Waals surface area contributed by atoms with Crippen molar-refractivity contribution in [2.75, 3.05) is 5.32 Å². The zero-order valence-corrected chi connectivity index (χ0v) is 15.7. The third kappa shape index (κ3) is 2.35. The van der Waals surface area contributed by atoms with E-state index in [9.17, 15) is 4.79 Å². The van der Waals surface area contributed by atoms with Gasteiger partial charge in [0.2, 0.25) is 0 Å². The number of nitrogens with zero attached hydrogens (tertiary/aromatic N) is 2. The zero-order valence-electron chi connectivity index (χ0n) is 15.7. The minimum absolute atomic E-state index is 0.00402. The van der Waals surface area contributed by atoms with Crippen molar-refractivity contribution in [3.8, 4) is 0 Å². The van der Waals surface area contributed by atoms with Crippen molar-refractivity contribution in [1.82, 2.24) is 4.68 Å². The number of benzene rings is 1. The van der Waals surface area contributed by atoms with E-state index < -0.39 is 0 Å². The van der Waals surface area contributed by atoms with Gasteiger partial charge in [-0.1, -0.05) is 44.2 Å². The molecule has 0 radical (unpaired) electrons. The van der Waals surface area contributed by atoms with Crippen LogP contribution in [0.5, 0.6) is 0 Å². The lowest BCUT2D eigenvalue weighted by Crippen LogP contribution is -2.42. The molecule has 25 heavy (non-hydrogen) atoms. The van der Waals surface area contributed by atoms with Gasteiger partial charge >= 0.3 is 5.82 Å². The molecule has 0 saturated heterocycles. The van der Waals surface area contributed by atoms with Crippen LogP contribution in [0.1, 0.15) is 49.4 Å². The number of fused-ring (bicyclic) bond motifs is 1. The molecule has 2 heterocycles. The van der Waals surface area contributed by atoms with E-state index in [-0.39, 0.29) is 17.1 Å². The van der Waals surface area contributed by atoms with Crippen molar-refractivity contribution in [3.05, 3.63) is 58.4 Å². The standard InChI is InChI=1S/C21H25N3O/c1-13-17-18(14-9-7-6-8-10-14)19-15(11-21(2,3)12-16(19)25)22-20(17)24(5)23(13)4/h6-10,18H,11-12H2,1-5H3/p+1. The molecule has 4 rings (SSSR count). The van der Waals surface area contributed by atoms with Gasteiger partial charge in [-0.05, 0) is 17.9 Å². The Balaban J connectivity index is 1.99. The number of ketones is 1. The Morgan fingerprint density at radius 3 is 2.56 bits per heavy atom. The summed E-state index contributed by atoms with van der Waals surface area (Å²) in [6.07, 6.45) is 1.52. The number of Topliss-reactive ketones (excluding diaryl/α,β-unsaturated/α-hetero) is 1. The van der Waals surface area contributed by atoms with Crippen LogP contribution < -0.4 is 10.00 Å². The minimum Gasteiger partial charge on any atom is -0.294 e. The van der Waals surface area contributed by atoms with Gasteiger partial charge in [0.1, 0.15) is 12.7 Å². The minimum atomic E-state index is 0.00402. The molecular formula is C21H26N3O+. The number of hydrogen-bond acceptors (Lipinski definition) is 2. The second kappa shape index (κ2) is 5.32. The summed E-state index contributed by atoms with van der Waals surface area (Å²) in [6.45, 7) is 6.50. The normalized spacial score (nSPS) is 21.6. The van der Waals surface area contributed by atoms with Crippen LogP contribution in [-0.4, -0.2) is 10.5 Å². The van der Waals surface area contributed by atoms with Gasteiger partial charge in [-0.15, -0.1) is 0 Å². The lowest BCUT2D eigenvalue weighted by Gasteiger charge is -2.35. The third-order valence-corrected chi connectivity index (χ3v) is 5.80. The molecule has 2 aliphatic rings. The fourth-order valence-electron chi connectivity index (χ4n) is 4.44. The van der Waals surface area contributed by atoms with E-state index in [0.717, 1.165) is 23.5 Å². The maximum absolute atomic E-state index is 13.1. The summed E-state index contributed by atoms with van der Waals surface area (Å²) in [7, 11) is 4.14. The molecule has 1 atom stereocenters. The molecule has 1 aromatic heterocycles. The van der Waals surface area contributed by atoms with Crippen molar-refractivity contribution in [2.45, 2.75) is 39.5 Å². The number of anilines is 1. The molecule has 0 amide bonds. The van der Waals surface area contributed by atoms with Gasteiger partial charge in [0.25, 0.3) is 0 Å². The van der Waals surface area contributed by atoms with E-state index in [1.165, 1.54) is 16.8 Å². The molecule has 0 fully saturated rings. The van der Waals surface area contributed by atoms with Gasteiger partial charge in [0, 0.05) is 25.5 Å². The number of carbonyl (C=O) groups is 1. The van der Waals surface area contributed by atoms with Crippen LogP contribution in [0.2, 0.25) is 0 Å². The first-order valence-electron chi connectivity index (χ1n) is 8.94. The molecule has 1 aliphatic carbocycles. The van der Waals surface area contributed by atoms with Crippen LogP contribution >= 0.6 is 0 Å². The summed E-state index contributed by atoms with van der Waals surface area (Å²) in [6, 6.07) is 10.4. The topological polar surface area (TPSA) is 37.9 Å². The SMILES string of the molecule is Cc1c2c([n+](C)n1C)NC1=C(C(=O)CC(C)(C)C1)C2c1ccccc1. The van der Waals surface area contributed by atoms with E-state index >= 15 is 0 Å². The summed E-state index contributed by atoms with van der Waals surface area (Å²) in [5.74, 6) is 1.41. The molecule has 1 unspecified atom stereocenters. The Bertz CT molecular complexity index is 903. The van der Waals surface area contributed by atoms with Gasteiger partial charge in [-0.25, -0.2) is 10.00 Å². The van der Waals surface area contributed by atoms with Crippen LogP contribution in [0.15, 0.2) is 41.6 Å². The molecule has 0 bridgehead atoms. The Hall–Kier alpha value is -2.36. The molecule has 1 aliphatic heterocycles. The average molecular weight is 336 g/mol. The van der Waals surface area contributed by atoms with Crippen molar-refractivity contribution in [1.29, 1.82) is 0 Å². The van der Waals surface area contributed by atoms with Crippen LogP contribution in [0.25, 0.3) is 0 Å². The predicted octanol–water partition coefficient (Wildman–Crippen LogP) is 3.36. The Kier molecular flexibility index (Phi) is 3.43. The molecule has 0 spiro atoms. The van der Waals surface area contributed by atoms with E-state index in [1.54, 1.807) is 0 Å². The maximum Gasteiger partial charge on any atom is 0.304 e. The lowest BCUT2D eigenvalue weighted by molar-refractivity contribution is -0.738. The molecule has 4 nitrogen and oxygen atoms in total. The number of nitrogens with one attached hydrogen (secondary N) is 1. The molecule has 4 heteroatoms. The molecule has 0 saturated carbocycles. The summed E-state index contributed by atoms with van der Waals surface area (Å²) >= 11 is 0. The highest BCUT2D eigenvalue weighted by Gasteiger charge is 2.46. The average Bonchev–Trinajstić information content (AvgIpc) is 2.77. The van der Waals surface area contributed by atoms with Crippen LogP contribution in [0.4, 0.5) is 5.82 Å². The Morgan fingerprint density at radius 1 is 1.20 bits per heavy atom. The second-order valence-electron chi connectivity index (χ2n) is 8.20. The van der Waals surface area contributed by atoms with Gasteiger partial charge in [0.15, 0.2) is 5.78 Å². The van der Waals surface area contributed by atoms with Gasteiger partial charge in [0.05, 0.1) is 17.2 Å². The molecule has 1 N–H and O–H groups in total. The van der Waals surface area contributed by atoms with E-state index in [1.807, 2.05) is 6.07 Å². The highest BCUT2D eigenvalue weighted by Crippen LogP contribution is 2.49. The van der Waals surface area contributed by atoms with Crippen molar-refractivity contribution >= 4 is 11.6 Å². The largest absolute Gasteiger partial charge is 0.304 e. The fourth-order valence-corrected chi connectivity index (χ4v) is 4.44. The van der Waals surface area contributed by atoms with E-state index in [2.05, 4.69) is 73.8 Å². The maximum atomic E-state index is 13.1. The molecule has 130 valence electrons. The van der Waals surface area contributed by atoms with Crippen molar-refractivity contribution < 1.29 is 9.48 Å². The van der Waals surface area contributed by atoms with Crippen LogP contribution in [0, 0.1) is 12.3 Å². The first-order chi connectivity index (χ1) is 11.8. The molecule has 2 aromatic rings. The highest BCUT2D eigenvalue weighted by atomic mass is 16.1. The monoisotopic (exact) mass is 336 g/mol. The first kappa shape index (κ1) is 16.1. The summed E-state index contributed by atoms with van der Waals surface area (Å²) in [5.41, 5.74) is 5.69. The van der Waals surface area contributed by atoms with Gasteiger partial charge in [-0.2, -0.15) is 4.68 Å². The number of carbonyl (C=O) groups excluding carboxylic acids is 1. The Morgan fingerprint density at radius 2 is 1.88 bits per heavy atom. The second-order valence-corrected chi connectivity index (χ2v) is 8.20. The van der Waals surface area contributed by atoms with E-state index in [4.69, 9.17) is 0 Å². The number of rotatable bonds is 1. The quantitative estimate of drug-likeness (QED) is 0.811. The predicted molar refractivity (Wildman–Crippen MR) is 98.3 cm³/mol. The summed E-state index contributed by atoms with van der Waals surface area (Å²) < 4.78 is 4.30. The number of allylic oxidation sites excluding steroid dienone is 2. The smallest absolute Gasteiger partial charge is 0.294 e. The van der Waals surface area contributed by atoms with Crippen LogP contribution in [-0.2, 0) is 18.9 Å². The van der Waals surface area contributed by atoms with Crippen molar-refractivity contribution in [2.24, 2.45) is 19.5 Å². The number of aromatic nitrogens is 2. The van der Waals surface area contributed by atoms with E-state index in [0.29, 0.717) is 6.42 Å². The Labute approximate surface area is 149 Å². The van der Waals surface area contributed by atoms with Crippen LogP contribution in [0.3, 0.4) is 0 Å². The first-order valence-corrected chi connectivity index (χ1v) is 8.94. The lowest BCUT2D eigenvalue weighted by atomic mass is 9.69. The molecular weight excluding hydrogens is 310 g/mol. The molecule has 1 aromatic carbocycles. The van der Waals surface area contributed by atoms with Gasteiger partial charge < -0.3 is 0 Å². The van der Waals surface area contributed by atoms with Gasteiger partial charge in [-0.3, -0.25) is 4.79 Å². The summed E-state index contributed by atoms with van der Waals surface area (Å²) in [4.78, 5) is 13.1. The summed E-state index contributed by atoms with van der Waals surface area (Å²) in [5, 5.41) is 3.62. The zero-order chi connectivity index (χ0) is 17.9. The van der Waals surface area contributed by atoms with Crippen molar-refractivity contribution in [3.63, 3.8) is 0 Å². The fraction of sp³-hybridized carbons (Fsp3) is 0.429. The number of hydrogen-bond donors (Lipinski definition) is 1. The highest BCUT2D eigenvalue weighted by molar-refractivity contribution is 6.01. The third-order valence-electron chi connectivity index (χ3n) is 5.80.